The lowest BCUT2D eigenvalue weighted by Crippen LogP contribution is -2.63. The molecule has 1 aromatic carbocycles. The van der Waals surface area contributed by atoms with Crippen molar-refractivity contribution in [2.24, 2.45) is 29.6 Å². The van der Waals surface area contributed by atoms with Crippen LogP contribution in [-0.4, -0.2) is 18.2 Å². The van der Waals surface area contributed by atoms with Crippen molar-refractivity contribution in [2.45, 2.75) is 90.6 Å². The number of rotatable bonds is 9. The molecule has 0 amide bonds. The van der Waals surface area contributed by atoms with E-state index in [0.717, 1.165) is 36.8 Å². The molecule has 4 saturated carbocycles. The van der Waals surface area contributed by atoms with Gasteiger partial charge >= 0.3 is 5.97 Å². The third-order valence-electron chi connectivity index (χ3n) is 8.61. The van der Waals surface area contributed by atoms with Gasteiger partial charge in [-0.25, -0.2) is 4.79 Å². The summed E-state index contributed by atoms with van der Waals surface area (Å²) in [5, 5.41) is 0. The number of benzene rings is 1. The first-order valence-electron chi connectivity index (χ1n) is 12.4. The molecule has 1 aromatic rings. The summed E-state index contributed by atoms with van der Waals surface area (Å²) in [5.74, 6) is 4.37. The lowest BCUT2D eigenvalue weighted by Gasteiger charge is -2.62. The Labute approximate surface area is 182 Å². The van der Waals surface area contributed by atoms with E-state index in [4.69, 9.17) is 9.47 Å². The molecule has 0 aromatic heterocycles. The molecule has 4 aliphatic rings. The second kappa shape index (κ2) is 8.93. The fraction of sp³-hybridized carbons (Fsp3) is 0.741. The second-order valence-electron chi connectivity index (χ2n) is 10.5. The number of hydrogen-bond acceptors (Lipinski definition) is 3. The number of ether oxygens (including phenoxy) is 2. The van der Waals surface area contributed by atoms with Crippen LogP contribution < -0.4 is 4.74 Å². The van der Waals surface area contributed by atoms with Gasteiger partial charge < -0.3 is 9.47 Å². The highest BCUT2D eigenvalue weighted by Gasteiger charge is 2.61. The van der Waals surface area contributed by atoms with Gasteiger partial charge in [-0.15, -0.1) is 0 Å². The van der Waals surface area contributed by atoms with Crippen LogP contribution in [0.1, 0.15) is 90.5 Å². The highest BCUT2D eigenvalue weighted by atomic mass is 16.6. The van der Waals surface area contributed by atoms with E-state index in [1.165, 1.54) is 37.7 Å². The zero-order chi connectivity index (χ0) is 21.3. The predicted octanol–water partition coefficient (Wildman–Crippen LogP) is 6.75. The van der Waals surface area contributed by atoms with E-state index in [1.54, 1.807) is 0 Å². The standard InChI is InChI=1S/C27H40O3/c1-5-7-19(4)27(23-13-20-12-21(15-23)16-24(27)14-20)30-26(28)17-29-25-10-8-22(9-11-25)18(3)6-2/h8-11,18-21,23-24H,5-7,12-17H2,1-4H3. The lowest BCUT2D eigenvalue weighted by molar-refractivity contribution is -0.229. The highest BCUT2D eigenvalue weighted by Crippen LogP contribution is 2.62. The minimum absolute atomic E-state index is 0.00949. The predicted molar refractivity (Wildman–Crippen MR) is 121 cm³/mol. The summed E-state index contributed by atoms with van der Waals surface area (Å²) in [4.78, 5) is 13.0. The Bertz CT molecular complexity index is 694. The lowest BCUT2D eigenvalue weighted by atomic mass is 9.47. The zero-order valence-corrected chi connectivity index (χ0v) is 19.4. The van der Waals surface area contributed by atoms with E-state index >= 15 is 0 Å². The van der Waals surface area contributed by atoms with E-state index in [2.05, 4.69) is 39.8 Å². The summed E-state index contributed by atoms with van der Waals surface area (Å²) in [6.07, 6.45) is 9.83. The molecular formula is C27H40O3. The average Bonchev–Trinajstić information content (AvgIpc) is 2.74. The molecule has 0 radical (unpaired) electrons. The van der Waals surface area contributed by atoms with Gasteiger partial charge in [-0.05, 0) is 98.1 Å². The highest BCUT2D eigenvalue weighted by molar-refractivity contribution is 5.72. The Morgan fingerprint density at radius 2 is 1.60 bits per heavy atom. The molecule has 0 aliphatic heterocycles. The molecule has 166 valence electrons. The number of carbonyl (C=O) groups is 1. The Kier molecular flexibility index (Phi) is 6.46. The molecule has 0 saturated heterocycles. The van der Waals surface area contributed by atoms with Crippen molar-refractivity contribution in [3.63, 3.8) is 0 Å². The molecular weight excluding hydrogens is 372 g/mol. The summed E-state index contributed by atoms with van der Waals surface area (Å²) in [5.41, 5.74) is 1.05. The molecule has 4 aliphatic carbocycles. The smallest absolute Gasteiger partial charge is 0.344 e. The maximum absolute atomic E-state index is 13.0. The molecule has 4 fully saturated rings. The molecule has 3 heteroatoms. The van der Waals surface area contributed by atoms with Crippen LogP contribution in [-0.2, 0) is 9.53 Å². The van der Waals surface area contributed by atoms with Crippen molar-refractivity contribution in [1.82, 2.24) is 0 Å². The SMILES string of the molecule is CCCC(C)C1(OC(=O)COc2ccc(C(C)CC)cc2)C2CC3CC(C2)CC1C3. The summed E-state index contributed by atoms with van der Waals surface area (Å²) in [6.45, 7) is 9.01. The first-order valence-corrected chi connectivity index (χ1v) is 12.4. The summed E-state index contributed by atoms with van der Waals surface area (Å²) < 4.78 is 12.3. The van der Waals surface area contributed by atoms with Crippen LogP contribution >= 0.6 is 0 Å². The molecule has 2 unspecified atom stereocenters. The van der Waals surface area contributed by atoms with E-state index in [1.807, 2.05) is 12.1 Å². The van der Waals surface area contributed by atoms with Crippen molar-refractivity contribution in [3.05, 3.63) is 29.8 Å². The molecule has 0 spiro atoms. The second-order valence-corrected chi connectivity index (χ2v) is 10.5. The topological polar surface area (TPSA) is 35.5 Å². The molecule has 0 N–H and O–H groups in total. The van der Waals surface area contributed by atoms with Crippen LogP contribution in [0.25, 0.3) is 0 Å². The van der Waals surface area contributed by atoms with Gasteiger partial charge in [0.15, 0.2) is 6.61 Å². The van der Waals surface area contributed by atoms with Gasteiger partial charge in [0.05, 0.1) is 0 Å². The molecule has 5 rings (SSSR count). The largest absolute Gasteiger partial charge is 0.482 e. The van der Waals surface area contributed by atoms with Gasteiger partial charge in [0.2, 0.25) is 0 Å². The molecule has 0 heterocycles. The quantitative estimate of drug-likeness (QED) is 0.421. The van der Waals surface area contributed by atoms with Crippen LogP contribution in [0.5, 0.6) is 5.75 Å². The maximum atomic E-state index is 13.0. The van der Waals surface area contributed by atoms with Crippen LogP contribution in [0.2, 0.25) is 0 Å². The molecule has 30 heavy (non-hydrogen) atoms. The minimum Gasteiger partial charge on any atom is -0.482 e. The van der Waals surface area contributed by atoms with Crippen molar-refractivity contribution in [3.8, 4) is 5.75 Å². The molecule has 2 atom stereocenters. The third kappa shape index (κ3) is 4.01. The van der Waals surface area contributed by atoms with Gasteiger partial charge in [-0.2, -0.15) is 0 Å². The van der Waals surface area contributed by atoms with Crippen LogP contribution in [0.3, 0.4) is 0 Å². The Morgan fingerprint density at radius 1 is 1.00 bits per heavy atom. The maximum Gasteiger partial charge on any atom is 0.344 e. The Balaban J connectivity index is 1.43. The van der Waals surface area contributed by atoms with Crippen LogP contribution in [0.4, 0.5) is 0 Å². The first kappa shape index (κ1) is 21.7. The fourth-order valence-electron chi connectivity index (χ4n) is 7.15. The van der Waals surface area contributed by atoms with Crippen molar-refractivity contribution in [2.75, 3.05) is 6.61 Å². The van der Waals surface area contributed by atoms with Crippen molar-refractivity contribution >= 4 is 5.97 Å². The van der Waals surface area contributed by atoms with Crippen LogP contribution in [0.15, 0.2) is 24.3 Å². The molecule has 3 nitrogen and oxygen atoms in total. The average molecular weight is 413 g/mol. The van der Waals surface area contributed by atoms with E-state index < -0.39 is 0 Å². The van der Waals surface area contributed by atoms with Gasteiger partial charge in [-0.1, -0.05) is 46.2 Å². The van der Waals surface area contributed by atoms with E-state index in [-0.39, 0.29) is 18.2 Å². The van der Waals surface area contributed by atoms with Crippen molar-refractivity contribution < 1.29 is 14.3 Å². The van der Waals surface area contributed by atoms with Gasteiger partial charge in [-0.3, -0.25) is 0 Å². The third-order valence-corrected chi connectivity index (χ3v) is 8.61. The first-order chi connectivity index (χ1) is 14.5. The number of carbonyl (C=O) groups excluding carboxylic acids is 1. The monoisotopic (exact) mass is 412 g/mol. The fourth-order valence-corrected chi connectivity index (χ4v) is 7.15. The Morgan fingerprint density at radius 3 is 2.13 bits per heavy atom. The normalized spacial score (nSPS) is 33.9. The summed E-state index contributed by atoms with van der Waals surface area (Å²) in [7, 11) is 0. The van der Waals surface area contributed by atoms with Crippen LogP contribution in [0, 0.1) is 29.6 Å². The van der Waals surface area contributed by atoms with E-state index in [9.17, 15) is 4.79 Å². The Hall–Kier alpha value is -1.51. The number of esters is 1. The number of hydrogen-bond donors (Lipinski definition) is 0. The minimum atomic E-state index is -0.260. The molecule has 4 bridgehead atoms. The summed E-state index contributed by atoms with van der Waals surface area (Å²) >= 11 is 0. The van der Waals surface area contributed by atoms with E-state index in [0.29, 0.717) is 23.7 Å². The van der Waals surface area contributed by atoms with Gasteiger partial charge in [0, 0.05) is 0 Å². The van der Waals surface area contributed by atoms with Gasteiger partial charge in [0.25, 0.3) is 0 Å². The summed E-state index contributed by atoms with van der Waals surface area (Å²) in [6, 6.07) is 8.18. The zero-order valence-electron chi connectivity index (χ0n) is 19.4. The van der Waals surface area contributed by atoms with Crippen molar-refractivity contribution in [1.29, 1.82) is 0 Å². The van der Waals surface area contributed by atoms with Gasteiger partial charge in [0.1, 0.15) is 11.4 Å².